The number of nitrogens with zero attached hydrogens (tertiary/aromatic N) is 1. The van der Waals surface area contributed by atoms with Crippen molar-refractivity contribution in [1.29, 1.82) is 0 Å². The molecule has 0 saturated carbocycles. The Morgan fingerprint density at radius 1 is 0.606 bits per heavy atom. The highest BCUT2D eigenvalue weighted by molar-refractivity contribution is 7.93. The van der Waals surface area contributed by atoms with Gasteiger partial charge in [0.05, 0.1) is 16.1 Å². The monoisotopic (exact) mass is 457 g/mol. The Kier molecular flexibility index (Phi) is 6.33. The normalized spacial score (nSPS) is 10.9. The average Bonchev–Trinajstić information content (AvgIpc) is 2.86. The number of esters is 1. The molecule has 0 radical (unpaired) electrons. The van der Waals surface area contributed by atoms with E-state index in [1.165, 1.54) is 36.4 Å². The molecule has 7 heteroatoms. The van der Waals surface area contributed by atoms with Crippen molar-refractivity contribution >= 4 is 27.6 Å². The van der Waals surface area contributed by atoms with Crippen molar-refractivity contribution in [2.24, 2.45) is 0 Å². The van der Waals surface area contributed by atoms with Gasteiger partial charge < -0.3 is 4.74 Å². The van der Waals surface area contributed by atoms with E-state index in [1.807, 2.05) is 0 Å². The fraction of sp³-hybridized carbons (Fsp3) is 0. The van der Waals surface area contributed by atoms with Gasteiger partial charge in [-0.05, 0) is 60.7 Å². The van der Waals surface area contributed by atoms with Crippen LogP contribution in [-0.2, 0) is 10.0 Å². The summed E-state index contributed by atoms with van der Waals surface area (Å²) < 4.78 is 32.9. The quantitative estimate of drug-likeness (QED) is 0.303. The first kappa shape index (κ1) is 22.0. The first-order valence-corrected chi connectivity index (χ1v) is 11.5. The summed E-state index contributed by atoms with van der Waals surface area (Å²) in [5.41, 5.74) is 0.720. The second-order valence-electron chi connectivity index (χ2n) is 7.00. The molecule has 33 heavy (non-hydrogen) atoms. The molecule has 0 N–H and O–H groups in total. The first-order chi connectivity index (χ1) is 16.0. The number of ether oxygens (including phenoxy) is 1. The summed E-state index contributed by atoms with van der Waals surface area (Å²) in [4.78, 5) is 25.5. The Morgan fingerprint density at radius 3 is 1.64 bits per heavy atom. The Hall–Kier alpha value is -4.23. The molecular weight excluding hydrogens is 438 g/mol. The van der Waals surface area contributed by atoms with Crippen LogP contribution < -0.4 is 9.04 Å². The first-order valence-electron chi connectivity index (χ1n) is 10.0. The van der Waals surface area contributed by atoms with Crippen molar-refractivity contribution in [3.8, 4) is 5.75 Å². The van der Waals surface area contributed by atoms with Gasteiger partial charge >= 0.3 is 5.97 Å². The highest BCUT2D eigenvalue weighted by Crippen LogP contribution is 2.28. The lowest BCUT2D eigenvalue weighted by atomic mass is 10.2. The van der Waals surface area contributed by atoms with Gasteiger partial charge in [-0.1, -0.05) is 54.6 Å². The summed E-state index contributed by atoms with van der Waals surface area (Å²) in [6.45, 7) is 0. The van der Waals surface area contributed by atoms with Crippen LogP contribution in [0.3, 0.4) is 0 Å². The minimum absolute atomic E-state index is 0.0196. The molecule has 0 spiro atoms. The number of rotatable bonds is 6. The fourth-order valence-electron chi connectivity index (χ4n) is 3.15. The minimum Gasteiger partial charge on any atom is -0.423 e. The summed E-state index contributed by atoms with van der Waals surface area (Å²) in [6, 6.07) is 30.1. The molecule has 0 fully saturated rings. The largest absolute Gasteiger partial charge is 0.423 e. The Balaban J connectivity index is 1.69. The Morgan fingerprint density at radius 2 is 1.09 bits per heavy atom. The van der Waals surface area contributed by atoms with E-state index >= 15 is 0 Å². The molecule has 0 saturated heterocycles. The van der Waals surface area contributed by atoms with Crippen LogP contribution in [0.25, 0.3) is 0 Å². The van der Waals surface area contributed by atoms with E-state index in [1.54, 1.807) is 78.9 Å². The lowest BCUT2D eigenvalue weighted by Gasteiger charge is -2.23. The van der Waals surface area contributed by atoms with E-state index < -0.39 is 21.9 Å². The number of benzene rings is 4. The van der Waals surface area contributed by atoms with Gasteiger partial charge in [0.25, 0.3) is 15.9 Å². The van der Waals surface area contributed by atoms with Crippen molar-refractivity contribution in [2.75, 3.05) is 4.31 Å². The third-order valence-corrected chi connectivity index (χ3v) is 6.50. The number of carbonyl (C=O) groups excluding carboxylic acids is 2. The maximum Gasteiger partial charge on any atom is 0.343 e. The summed E-state index contributed by atoms with van der Waals surface area (Å²) in [6.07, 6.45) is 0. The van der Waals surface area contributed by atoms with Gasteiger partial charge in [0.15, 0.2) is 0 Å². The molecular formula is C26H19NO5S. The van der Waals surface area contributed by atoms with E-state index in [2.05, 4.69) is 0 Å². The zero-order valence-electron chi connectivity index (χ0n) is 17.4. The summed E-state index contributed by atoms with van der Waals surface area (Å²) in [7, 11) is -4.20. The summed E-state index contributed by atoms with van der Waals surface area (Å²) >= 11 is 0. The third-order valence-electron chi connectivity index (χ3n) is 4.78. The molecule has 0 bridgehead atoms. The lowest BCUT2D eigenvalue weighted by molar-refractivity contribution is 0.0734. The number of hydrogen-bond acceptors (Lipinski definition) is 5. The van der Waals surface area contributed by atoms with Crippen LogP contribution in [0.15, 0.2) is 120 Å². The molecule has 0 aliphatic carbocycles. The molecule has 0 unspecified atom stereocenters. The van der Waals surface area contributed by atoms with Crippen LogP contribution in [0.5, 0.6) is 5.75 Å². The molecule has 4 aromatic carbocycles. The van der Waals surface area contributed by atoms with Gasteiger partial charge in [-0.2, -0.15) is 4.31 Å². The molecule has 4 aromatic rings. The van der Waals surface area contributed by atoms with E-state index in [0.717, 1.165) is 4.31 Å². The summed E-state index contributed by atoms with van der Waals surface area (Å²) in [5, 5.41) is 0. The van der Waals surface area contributed by atoms with E-state index in [9.17, 15) is 18.0 Å². The Bertz CT molecular complexity index is 1350. The molecule has 0 aliphatic rings. The minimum atomic E-state index is -4.20. The average molecular weight is 458 g/mol. The molecule has 6 nitrogen and oxygen atoms in total. The van der Waals surface area contributed by atoms with Crippen LogP contribution >= 0.6 is 0 Å². The molecule has 0 aliphatic heterocycles. The van der Waals surface area contributed by atoms with Crippen LogP contribution in [-0.4, -0.2) is 20.3 Å². The number of carbonyl (C=O) groups is 2. The van der Waals surface area contributed by atoms with Crippen molar-refractivity contribution in [2.45, 2.75) is 4.90 Å². The van der Waals surface area contributed by atoms with Crippen molar-refractivity contribution < 1.29 is 22.7 Å². The van der Waals surface area contributed by atoms with E-state index in [-0.39, 0.29) is 21.9 Å². The van der Waals surface area contributed by atoms with Crippen LogP contribution in [0.2, 0.25) is 0 Å². The Labute approximate surface area is 191 Å². The third kappa shape index (κ3) is 4.83. The van der Waals surface area contributed by atoms with Crippen molar-refractivity contribution in [1.82, 2.24) is 0 Å². The van der Waals surface area contributed by atoms with Crippen molar-refractivity contribution in [3.05, 3.63) is 126 Å². The van der Waals surface area contributed by atoms with Gasteiger partial charge in [0.1, 0.15) is 5.75 Å². The van der Waals surface area contributed by atoms with Crippen LogP contribution in [0, 0.1) is 0 Å². The highest BCUT2D eigenvalue weighted by atomic mass is 32.2. The molecule has 164 valence electrons. The predicted molar refractivity (Wildman–Crippen MR) is 125 cm³/mol. The van der Waals surface area contributed by atoms with E-state index in [0.29, 0.717) is 5.56 Å². The molecule has 4 rings (SSSR count). The van der Waals surface area contributed by atoms with Crippen LogP contribution in [0.1, 0.15) is 20.7 Å². The predicted octanol–water partition coefficient (Wildman–Crippen LogP) is 4.94. The fourth-order valence-corrected chi connectivity index (χ4v) is 4.59. The highest BCUT2D eigenvalue weighted by Gasteiger charge is 2.31. The zero-order valence-corrected chi connectivity index (χ0v) is 18.2. The smallest absolute Gasteiger partial charge is 0.343 e. The maximum atomic E-state index is 13.4. The van der Waals surface area contributed by atoms with Gasteiger partial charge in [-0.3, -0.25) is 4.79 Å². The second kappa shape index (κ2) is 9.50. The SMILES string of the molecule is O=C(Oc1ccc(N(C(=O)c2ccccc2)S(=O)(=O)c2ccccc2)cc1)c1ccccc1. The topological polar surface area (TPSA) is 80.8 Å². The number of hydrogen-bond donors (Lipinski definition) is 0. The van der Waals surface area contributed by atoms with E-state index in [4.69, 9.17) is 4.74 Å². The lowest BCUT2D eigenvalue weighted by Crippen LogP contribution is -2.37. The number of anilines is 1. The summed E-state index contributed by atoms with van der Waals surface area (Å²) in [5.74, 6) is -1.03. The van der Waals surface area contributed by atoms with Gasteiger partial charge in [0, 0.05) is 5.56 Å². The van der Waals surface area contributed by atoms with Gasteiger partial charge in [-0.25, -0.2) is 13.2 Å². The zero-order chi connectivity index (χ0) is 23.3. The standard InChI is InChI=1S/C26H19NO5S/c28-25(20-10-4-1-5-11-20)27(33(30,31)24-14-8-3-9-15-24)22-16-18-23(19-17-22)32-26(29)21-12-6-2-7-13-21/h1-19H. The molecule has 1 amide bonds. The number of sulfonamides is 1. The van der Waals surface area contributed by atoms with Crippen LogP contribution in [0.4, 0.5) is 5.69 Å². The molecule has 0 heterocycles. The second-order valence-corrected chi connectivity index (χ2v) is 8.79. The molecule has 0 atom stereocenters. The maximum absolute atomic E-state index is 13.4. The van der Waals surface area contributed by atoms with Crippen molar-refractivity contribution in [3.63, 3.8) is 0 Å². The molecule has 0 aromatic heterocycles. The number of amides is 1. The van der Waals surface area contributed by atoms with Gasteiger partial charge in [-0.15, -0.1) is 0 Å². The van der Waals surface area contributed by atoms with Gasteiger partial charge in [0.2, 0.25) is 0 Å².